The van der Waals surface area contributed by atoms with Crippen molar-refractivity contribution in [3.05, 3.63) is 0 Å². The molecule has 0 aromatic rings. The van der Waals surface area contributed by atoms with Gasteiger partial charge in [-0.15, -0.1) is 0 Å². The van der Waals surface area contributed by atoms with Crippen molar-refractivity contribution >= 4 is 0 Å². The lowest BCUT2D eigenvalue weighted by molar-refractivity contribution is 0.0225. The fourth-order valence-electron chi connectivity index (χ4n) is 1.72. The summed E-state index contributed by atoms with van der Waals surface area (Å²) in [6, 6.07) is 0. The van der Waals surface area contributed by atoms with Gasteiger partial charge in [-0.25, -0.2) is 4.39 Å². The molecule has 0 spiro atoms. The summed E-state index contributed by atoms with van der Waals surface area (Å²) in [7, 11) is 1.60. The molecule has 0 heterocycles. The first-order chi connectivity index (χ1) is 5.65. The highest BCUT2D eigenvalue weighted by Crippen LogP contribution is 2.45. The average molecular weight is 175 g/mol. The van der Waals surface area contributed by atoms with E-state index in [2.05, 4.69) is 0 Å². The first-order valence-electron chi connectivity index (χ1n) is 4.53. The molecule has 2 N–H and O–H groups in total. The highest BCUT2D eigenvalue weighted by atomic mass is 19.1. The Bertz CT molecular complexity index is 149. The van der Waals surface area contributed by atoms with E-state index >= 15 is 0 Å². The van der Waals surface area contributed by atoms with Crippen molar-refractivity contribution in [3.8, 4) is 0 Å². The molecule has 0 bridgehead atoms. The van der Waals surface area contributed by atoms with Gasteiger partial charge in [0.1, 0.15) is 5.67 Å². The third kappa shape index (κ3) is 1.77. The van der Waals surface area contributed by atoms with Crippen molar-refractivity contribution < 1.29 is 9.13 Å². The number of hydrogen-bond acceptors (Lipinski definition) is 2. The van der Waals surface area contributed by atoms with Gasteiger partial charge in [-0.05, 0) is 18.8 Å². The summed E-state index contributed by atoms with van der Waals surface area (Å²) in [6.45, 7) is 2.46. The van der Waals surface area contributed by atoms with Crippen molar-refractivity contribution in [2.45, 2.75) is 25.4 Å². The van der Waals surface area contributed by atoms with Crippen LogP contribution in [0.1, 0.15) is 19.8 Å². The molecule has 1 aliphatic carbocycles. The molecular formula is C9H18FNO. The van der Waals surface area contributed by atoms with Gasteiger partial charge in [0, 0.05) is 19.6 Å². The summed E-state index contributed by atoms with van der Waals surface area (Å²) in [6.07, 6.45) is 1.98. The lowest BCUT2D eigenvalue weighted by Crippen LogP contribution is -2.43. The summed E-state index contributed by atoms with van der Waals surface area (Å²) in [4.78, 5) is 0. The maximum absolute atomic E-state index is 14.1. The highest BCUT2D eigenvalue weighted by Gasteiger charge is 2.48. The Morgan fingerprint density at radius 3 is 2.58 bits per heavy atom. The highest BCUT2D eigenvalue weighted by molar-refractivity contribution is 4.99. The molecule has 2 unspecified atom stereocenters. The molecule has 0 aromatic carbocycles. The molecule has 0 aromatic heterocycles. The zero-order valence-electron chi connectivity index (χ0n) is 7.85. The van der Waals surface area contributed by atoms with E-state index in [9.17, 15) is 4.39 Å². The lowest BCUT2D eigenvalue weighted by atomic mass is 9.86. The summed E-state index contributed by atoms with van der Waals surface area (Å²) in [5.41, 5.74) is 4.26. The first-order valence-corrected chi connectivity index (χ1v) is 4.53. The van der Waals surface area contributed by atoms with Crippen LogP contribution in [0.2, 0.25) is 0 Å². The zero-order chi connectivity index (χ0) is 9.19. The third-order valence-electron chi connectivity index (χ3n) is 2.80. The number of ether oxygens (including phenoxy) is 1. The normalized spacial score (nSPS) is 25.0. The van der Waals surface area contributed by atoms with E-state index in [0.717, 1.165) is 12.8 Å². The first kappa shape index (κ1) is 9.93. The van der Waals surface area contributed by atoms with E-state index in [-0.39, 0.29) is 18.4 Å². The Balaban J connectivity index is 2.51. The number of rotatable bonds is 5. The molecule has 2 atom stereocenters. The Kier molecular flexibility index (Phi) is 3.07. The monoisotopic (exact) mass is 175 g/mol. The minimum Gasteiger partial charge on any atom is -0.384 e. The molecule has 72 valence electrons. The summed E-state index contributed by atoms with van der Waals surface area (Å²) < 4.78 is 19.0. The average Bonchev–Trinajstić information content (AvgIpc) is 2.86. The molecule has 2 nitrogen and oxygen atoms in total. The number of methoxy groups -OCH3 is 1. The van der Waals surface area contributed by atoms with Gasteiger partial charge in [-0.3, -0.25) is 0 Å². The molecule has 1 fully saturated rings. The van der Waals surface area contributed by atoms with Gasteiger partial charge in [-0.1, -0.05) is 6.92 Å². The fourth-order valence-corrected chi connectivity index (χ4v) is 1.72. The van der Waals surface area contributed by atoms with Gasteiger partial charge < -0.3 is 10.5 Å². The van der Waals surface area contributed by atoms with Crippen molar-refractivity contribution in [3.63, 3.8) is 0 Å². The SMILES string of the molecule is COCC(C)C(F)(CN)C1CC1. The Labute approximate surface area is 73.3 Å². The second kappa shape index (κ2) is 3.71. The van der Waals surface area contributed by atoms with Crippen LogP contribution in [0.25, 0.3) is 0 Å². The molecule has 0 radical (unpaired) electrons. The molecule has 3 heteroatoms. The second-order valence-corrected chi connectivity index (χ2v) is 3.76. The van der Waals surface area contributed by atoms with E-state index in [1.54, 1.807) is 7.11 Å². The summed E-state index contributed by atoms with van der Waals surface area (Å²) in [5.74, 6) is 0.104. The maximum atomic E-state index is 14.1. The summed E-state index contributed by atoms with van der Waals surface area (Å²) >= 11 is 0. The van der Waals surface area contributed by atoms with Crippen LogP contribution < -0.4 is 5.73 Å². The molecule has 12 heavy (non-hydrogen) atoms. The van der Waals surface area contributed by atoms with Crippen molar-refractivity contribution in [2.24, 2.45) is 17.6 Å². The quantitative estimate of drug-likeness (QED) is 0.684. The van der Waals surface area contributed by atoms with Gasteiger partial charge >= 0.3 is 0 Å². The van der Waals surface area contributed by atoms with Crippen LogP contribution in [0, 0.1) is 11.8 Å². The number of nitrogens with two attached hydrogens (primary N) is 1. The van der Waals surface area contributed by atoms with E-state index in [1.165, 1.54) is 0 Å². The van der Waals surface area contributed by atoms with Crippen LogP contribution in [0.4, 0.5) is 4.39 Å². The zero-order valence-corrected chi connectivity index (χ0v) is 7.85. The second-order valence-electron chi connectivity index (χ2n) is 3.76. The van der Waals surface area contributed by atoms with E-state index < -0.39 is 5.67 Å². The third-order valence-corrected chi connectivity index (χ3v) is 2.80. The number of hydrogen-bond donors (Lipinski definition) is 1. The van der Waals surface area contributed by atoms with E-state index in [1.807, 2.05) is 6.92 Å². The van der Waals surface area contributed by atoms with Gasteiger partial charge in [-0.2, -0.15) is 0 Å². The smallest absolute Gasteiger partial charge is 0.130 e. The predicted octanol–water partition coefficient (Wildman–Crippen LogP) is 1.35. The van der Waals surface area contributed by atoms with Crippen LogP contribution in [0.5, 0.6) is 0 Å². The Hall–Kier alpha value is -0.150. The Morgan fingerprint density at radius 2 is 2.25 bits per heavy atom. The fraction of sp³-hybridized carbons (Fsp3) is 1.00. The van der Waals surface area contributed by atoms with Crippen LogP contribution in [0.15, 0.2) is 0 Å². The van der Waals surface area contributed by atoms with Gasteiger partial charge in [0.05, 0.1) is 6.61 Å². The van der Waals surface area contributed by atoms with E-state index in [4.69, 9.17) is 10.5 Å². The van der Waals surface area contributed by atoms with Crippen LogP contribution in [0.3, 0.4) is 0 Å². The molecular weight excluding hydrogens is 157 g/mol. The predicted molar refractivity (Wildman–Crippen MR) is 46.7 cm³/mol. The van der Waals surface area contributed by atoms with Crippen molar-refractivity contribution in [1.29, 1.82) is 0 Å². The molecule has 0 aliphatic heterocycles. The van der Waals surface area contributed by atoms with Crippen LogP contribution >= 0.6 is 0 Å². The molecule has 1 rings (SSSR count). The Morgan fingerprint density at radius 1 is 1.67 bits per heavy atom. The van der Waals surface area contributed by atoms with E-state index in [0.29, 0.717) is 6.61 Å². The largest absolute Gasteiger partial charge is 0.384 e. The summed E-state index contributed by atoms with van der Waals surface area (Å²) in [5, 5.41) is 0. The minimum absolute atomic E-state index is 0.0833. The minimum atomic E-state index is -1.18. The number of alkyl halides is 1. The van der Waals surface area contributed by atoms with Gasteiger partial charge in [0.25, 0.3) is 0 Å². The van der Waals surface area contributed by atoms with Gasteiger partial charge in [0.15, 0.2) is 0 Å². The molecule has 0 saturated heterocycles. The lowest BCUT2D eigenvalue weighted by Gasteiger charge is -2.29. The molecule has 0 amide bonds. The van der Waals surface area contributed by atoms with Crippen molar-refractivity contribution in [1.82, 2.24) is 0 Å². The topological polar surface area (TPSA) is 35.2 Å². The van der Waals surface area contributed by atoms with Crippen LogP contribution in [-0.4, -0.2) is 25.9 Å². The molecule has 1 aliphatic rings. The number of halogens is 1. The van der Waals surface area contributed by atoms with Crippen LogP contribution in [-0.2, 0) is 4.74 Å². The van der Waals surface area contributed by atoms with Crippen molar-refractivity contribution in [2.75, 3.05) is 20.3 Å². The van der Waals surface area contributed by atoms with Gasteiger partial charge in [0.2, 0.25) is 0 Å². The standard InChI is InChI=1S/C9H18FNO/c1-7(5-12-2)9(10,6-11)8-3-4-8/h7-8H,3-6,11H2,1-2H3. The molecule has 1 saturated carbocycles. The maximum Gasteiger partial charge on any atom is 0.130 e.